The Balaban J connectivity index is 2.29. The van der Waals surface area contributed by atoms with E-state index in [2.05, 4.69) is 18.7 Å². The fraction of sp³-hybridized carbons (Fsp3) is 1.00. The molecule has 1 fully saturated rings. The zero-order chi connectivity index (χ0) is 12.0. The first-order valence-corrected chi connectivity index (χ1v) is 6.52. The number of β-amino-alcohol motifs (C(OH)–C–C–N with tert-alkyl or cyclic N) is 1. The lowest BCUT2D eigenvalue weighted by Gasteiger charge is -2.23. The molecular formula is C13H27NO2. The molecule has 1 aliphatic heterocycles. The molecule has 0 bridgehead atoms. The molecule has 0 saturated carbocycles. The molecule has 0 radical (unpaired) electrons. The summed E-state index contributed by atoms with van der Waals surface area (Å²) in [5.41, 5.74) is 0. The second-order valence-corrected chi connectivity index (χ2v) is 5.34. The van der Waals surface area contributed by atoms with E-state index < -0.39 is 0 Å². The highest BCUT2D eigenvalue weighted by atomic mass is 16.5. The molecule has 0 unspecified atom stereocenters. The highest BCUT2D eigenvalue weighted by molar-refractivity contribution is 4.73. The van der Waals surface area contributed by atoms with Crippen molar-refractivity contribution in [3.05, 3.63) is 0 Å². The molecule has 2 atom stereocenters. The number of hydrogen-bond acceptors (Lipinski definition) is 3. The number of aliphatic hydroxyl groups excluding tert-OH is 1. The van der Waals surface area contributed by atoms with E-state index in [9.17, 15) is 5.11 Å². The molecule has 0 aromatic carbocycles. The molecule has 1 saturated heterocycles. The maximum Gasteiger partial charge on any atom is 0.0900 e. The number of likely N-dealkylation sites (tertiary alicyclic amines) is 1. The Morgan fingerprint density at radius 1 is 1.31 bits per heavy atom. The Morgan fingerprint density at radius 2 is 2.06 bits per heavy atom. The predicted octanol–water partition coefficient (Wildman–Crippen LogP) is 1.75. The summed E-state index contributed by atoms with van der Waals surface area (Å²) in [7, 11) is 1.64. The van der Waals surface area contributed by atoms with Gasteiger partial charge in [-0.05, 0) is 44.2 Å². The first-order valence-electron chi connectivity index (χ1n) is 6.52. The van der Waals surface area contributed by atoms with Crippen molar-refractivity contribution in [1.29, 1.82) is 0 Å². The van der Waals surface area contributed by atoms with Crippen molar-refractivity contribution in [1.82, 2.24) is 4.90 Å². The molecule has 0 aromatic rings. The van der Waals surface area contributed by atoms with Crippen LogP contribution in [-0.2, 0) is 4.74 Å². The van der Waals surface area contributed by atoms with Crippen LogP contribution in [0.1, 0.15) is 33.1 Å². The summed E-state index contributed by atoms with van der Waals surface area (Å²) in [6.07, 6.45) is 3.55. The van der Waals surface area contributed by atoms with Crippen LogP contribution in [0, 0.1) is 11.8 Å². The molecule has 0 aliphatic carbocycles. The first kappa shape index (κ1) is 13.9. The van der Waals surface area contributed by atoms with Crippen molar-refractivity contribution in [3.8, 4) is 0 Å². The van der Waals surface area contributed by atoms with Crippen LogP contribution < -0.4 is 0 Å². The van der Waals surface area contributed by atoms with Crippen molar-refractivity contribution in [3.63, 3.8) is 0 Å². The maximum absolute atomic E-state index is 9.70. The lowest BCUT2D eigenvalue weighted by molar-refractivity contribution is 0.0381. The standard InChI is InChI=1S/C13H27NO2/c1-11(2)12-5-4-7-14(8-6-12)9-13(15)10-16-3/h11-13,15H,4-10H2,1-3H3/t12-,13+/m0/s1. The van der Waals surface area contributed by atoms with Gasteiger partial charge in [0.15, 0.2) is 0 Å². The summed E-state index contributed by atoms with van der Waals surface area (Å²) >= 11 is 0. The summed E-state index contributed by atoms with van der Waals surface area (Å²) in [4.78, 5) is 2.38. The van der Waals surface area contributed by atoms with Crippen molar-refractivity contribution in [2.45, 2.75) is 39.2 Å². The summed E-state index contributed by atoms with van der Waals surface area (Å²) in [5, 5.41) is 9.70. The van der Waals surface area contributed by atoms with Crippen molar-refractivity contribution in [2.75, 3.05) is 33.4 Å². The van der Waals surface area contributed by atoms with E-state index in [0.717, 1.165) is 31.5 Å². The zero-order valence-electron chi connectivity index (χ0n) is 11.0. The minimum atomic E-state index is -0.333. The molecule has 3 heteroatoms. The van der Waals surface area contributed by atoms with Crippen LogP contribution in [0.5, 0.6) is 0 Å². The Labute approximate surface area is 99.8 Å². The lowest BCUT2D eigenvalue weighted by Crippen LogP contribution is -2.35. The lowest BCUT2D eigenvalue weighted by atomic mass is 9.89. The third kappa shape index (κ3) is 4.81. The molecule has 0 spiro atoms. The van der Waals surface area contributed by atoms with Crippen molar-refractivity contribution < 1.29 is 9.84 Å². The Kier molecular flexibility index (Phi) is 6.32. The summed E-state index contributed by atoms with van der Waals surface area (Å²) in [6, 6.07) is 0. The van der Waals surface area contributed by atoms with Gasteiger partial charge in [0.25, 0.3) is 0 Å². The SMILES string of the molecule is COC[C@H](O)CN1CCC[C@H](C(C)C)CC1. The van der Waals surface area contributed by atoms with E-state index in [-0.39, 0.29) is 6.10 Å². The summed E-state index contributed by atoms with van der Waals surface area (Å²) in [6.45, 7) is 8.11. The molecule has 1 rings (SSSR count). The Bertz CT molecular complexity index is 185. The van der Waals surface area contributed by atoms with Gasteiger partial charge in [-0.1, -0.05) is 13.8 Å². The van der Waals surface area contributed by atoms with Crippen LogP contribution in [0.15, 0.2) is 0 Å². The summed E-state index contributed by atoms with van der Waals surface area (Å²) < 4.78 is 4.96. The fourth-order valence-electron chi connectivity index (χ4n) is 2.57. The quantitative estimate of drug-likeness (QED) is 0.779. The van der Waals surface area contributed by atoms with Gasteiger partial charge >= 0.3 is 0 Å². The molecule has 1 heterocycles. The number of hydrogen-bond donors (Lipinski definition) is 1. The molecule has 96 valence electrons. The smallest absolute Gasteiger partial charge is 0.0900 e. The van der Waals surface area contributed by atoms with Crippen LogP contribution >= 0.6 is 0 Å². The van der Waals surface area contributed by atoms with E-state index in [0.29, 0.717) is 6.61 Å². The molecule has 3 nitrogen and oxygen atoms in total. The number of ether oxygens (including phenoxy) is 1. The van der Waals surface area contributed by atoms with Crippen molar-refractivity contribution in [2.24, 2.45) is 11.8 Å². The third-order valence-electron chi connectivity index (χ3n) is 3.64. The van der Waals surface area contributed by atoms with Gasteiger partial charge in [-0.3, -0.25) is 0 Å². The molecule has 1 N–H and O–H groups in total. The largest absolute Gasteiger partial charge is 0.389 e. The van der Waals surface area contributed by atoms with E-state index in [1.165, 1.54) is 19.3 Å². The molecule has 16 heavy (non-hydrogen) atoms. The van der Waals surface area contributed by atoms with Gasteiger partial charge in [-0.25, -0.2) is 0 Å². The second kappa shape index (κ2) is 7.25. The Hall–Kier alpha value is -0.120. The predicted molar refractivity (Wildman–Crippen MR) is 66.5 cm³/mol. The number of nitrogens with zero attached hydrogens (tertiary/aromatic N) is 1. The average molecular weight is 229 g/mol. The monoisotopic (exact) mass is 229 g/mol. The molecular weight excluding hydrogens is 202 g/mol. The van der Waals surface area contributed by atoms with E-state index in [1.54, 1.807) is 7.11 Å². The molecule has 0 amide bonds. The zero-order valence-corrected chi connectivity index (χ0v) is 11.0. The van der Waals surface area contributed by atoms with Gasteiger partial charge < -0.3 is 14.7 Å². The second-order valence-electron chi connectivity index (χ2n) is 5.34. The van der Waals surface area contributed by atoms with Gasteiger partial charge in [0, 0.05) is 13.7 Å². The van der Waals surface area contributed by atoms with Crippen LogP contribution in [-0.4, -0.2) is 49.5 Å². The molecule has 1 aliphatic rings. The van der Waals surface area contributed by atoms with Crippen LogP contribution in [0.4, 0.5) is 0 Å². The van der Waals surface area contributed by atoms with E-state index in [1.807, 2.05) is 0 Å². The van der Waals surface area contributed by atoms with E-state index >= 15 is 0 Å². The van der Waals surface area contributed by atoms with Crippen LogP contribution in [0.3, 0.4) is 0 Å². The van der Waals surface area contributed by atoms with Gasteiger partial charge in [-0.15, -0.1) is 0 Å². The summed E-state index contributed by atoms with van der Waals surface area (Å²) in [5.74, 6) is 1.66. The first-order chi connectivity index (χ1) is 7.63. The average Bonchev–Trinajstić information content (AvgIpc) is 2.43. The van der Waals surface area contributed by atoms with Crippen LogP contribution in [0.25, 0.3) is 0 Å². The Morgan fingerprint density at radius 3 is 2.69 bits per heavy atom. The van der Waals surface area contributed by atoms with Crippen LogP contribution in [0.2, 0.25) is 0 Å². The minimum Gasteiger partial charge on any atom is -0.389 e. The van der Waals surface area contributed by atoms with Gasteiger partial charge in [-0.2, -0.15) is 0 Å². The normalized spacial score (nSPS) is 25.7. The topological polar surface area (TPSA) is 32.7 Å². The number of aliphatic hydroxyl groups is 1. The molecule has 0 aromatic heterocycles. The highest BCUT2D eigenvalue weighted by Gasteiger charge is 2.20. The number of methoxy groups -OCH3 is 1. The third-order valence-corrected chi connectivity index (χ3v) is 3.64. The highest BCUT2D eigenvalue weighted by Crippen LogP contribution is 2.24. The minimum absolute atomic E-state index is 0.333. The van der Waals surface area contributed by atoms with Gasteiger partial charge in [0.05, 0.1) is 12.7 Å². The maximum atomic E-state index is 9.70. The van der Waals surface area contributed by atoms with E-state index in [4.69, 9.17) is 4.74 Å². The van der Waals surface area contributed by atoms with Gasteiger partial charge in [0.1, 0.15) is 0 Å². The number of rotatable bonds is 5. The fourth-order valence-corrected chi connectivity index (χ4v) is 2.57. The van der Waals surface area contributed by atoms with Crippen molar-refractivity contribution >= 4 is 0 Å². The van der Waals surface area contributed by atoms with Gasteiger partial charge in [0.2, 0.25) is 0 Å².